The van der Waals surface area contributed by atoms with Crippen molar-refractivity contribution in [1.82, 2.24) is 0 Å². The van der Waals surface area contributed by atoms with E-state index in [0.717, 1.165) is 5.56 Å². The Morgan fingerprint density at radius 3 is 2.53 bits per heavy atom. The minimum atomic E-state index is -1.00. The highest BCUT2D eigenvalue weighted by Gasteiger charge is 2.18. The lowest BCUT2D eigenvalue weighted by atomic mass is 9.95. The fourth-order valence-corrected chi connectivity index (χ4v) is 1.33. The zero-order valence-electron chi connectivity index (χ0n) is 9.10. The first-order valence-electron chi connectivity index (χ1n) is 4.97. The lowest BCUT2D eigenvalue weighted by Crippen LogP contribution is -2.17. The van der Waals surface area contributed by atoms with E-state index >= 15 is 0 Å². The van der Waals surface area contributed by atoms with Gasteiger partial charge >= 0.3 is 0 Å². The molecule has 0 saturated carbocycles. The van der Waals surface area contributed by atoms with Crippen molar-refractivity contribution in [2.45, 2.75) is 25.9 Å². The summed E-state index contributed by atoms with van der Waals surface area (Å²) in [6.07, 6.45) is 3.72. The number of benzene rings is 1. The van der Waals surface area contributed by atoms with Gasteiger partial charge in [0.05, 0.1) is 0 Å². The molecule has 1 rings (SSSR count). The first kappa shape index (κ1) is 11.7. The summed E-state index contributed by atoms with van der Waals surface area (Å²) in [4.78, 5) is 10.7. The van der Waals surface area contributed by atoms with Crippen molar-refractivity contribution in [3.8, 4) is 0 Å². The van der Waals surface area contributed by atoms with E-state index in [2.05, 4.69) is 0 Å². The maximum Gasteiger partial charge on any atom is 0.133 e. The van der Waals surface area contributed by atoms with Crippen LogP contribution in [0.4, 0.5) is 0 Å². The molecule has 0 fully saturated rings. The molecule has 0 aromatic heterocycles. The van der Waals surface area contributed by atoms with Crippen LogP contribution in [0, 0.1) is 0 Å². The molecular formula is C13H16O2. The molecule has 0 aliphatic carbocycles. The second kappa shape index (κ2) is 4.89. The minimum Gasteiger partial charge on any atom is -0.381 e. The van der Waals surface area contributed by atoms with Gasteiger partial charge in [-0.15, -0.1) is 0 Å². The van der Waals surface area contributed by atoms with E-state index in [4.69, 9.17) is 0 Å². The van der Waals surface area contributed by atoms with Crippen molar-refractivity contribution in [3.63, 3.8) is 0 Å². The number of carbonyl (C=O) groups excluding carboxylic acids is 1. The van der Waals surface area contributed by atoms with E-state index in [0.29, 0.717) is 6.42 Å². The number of hydrogen-bond donors (Lipinski definition) is 1. The average Bonchev–Trinajstić information content (AvgIpc) is 2.18. The van der Waals surface area contributed by atoms with Crippen LogP contribution < -0.4 is 0 Å². The van der Waals surface area contributed by atoms with Crippen LogP contribution in [0.5, 0.6) is 0 Å². The zero-order valence-corrected chi connectivity index (χ0v) is 9.10. The first-order valence-corrected chi connectivity index (χ1v) is 4.97. The lowest BCUT2D eigenvalue weighted by Gasteiger charge is -2.19. The van der Waals surface area contributed by atoms with Crippen LogP contribution in [0.3, 0.4) is 0 Å². The van der Waals surface area contributed by atoms with Crippen molar-refractivity contribution in [1.29, 1.82) is 0 Å². The Labute approximate surface area is 90.3 Å². The molecular weight excluding hydrogens is 188 g/mol. The van der Waals surface area contributed by atoms with Crippen molar-refractivity contribution in [2.24, 2.45) is 0 Å². The third-order valence-electron chi connectivity index (χ3n) is 2.21. The fourth-order valence-electron chi connectivity index (χ4n) is 1.33. The molecule has 1 aromatic carbocycles. The molecule has 80 valence electrons. The number of allylic oxidation sites excluding steroid dienone is 1. The summed E-state index contributed by atoms with van der Waals surface area (Å²) in [6.45, 7) is 3.24. The van der Waals surface area contributed by atoms with Gasteiger partial charge in [-0.2, -0.15) is 0 Å². The summed E-state index contributed by atoms with van der Waals surface area (Å²) in [6, 6.07) is 9.38. The molecule has 0 radical (unpaired) electrons. The smallest absolute Gasteiger partial charge is 0.133 e. The molecule has 15 heavy (non-hydrogen) atoms. The van der Waals surface area contributed by atoms with Gasteiger partial charge in [0.2, 0.25) is 0 Å². The summed E-state index contributed by atoms with van der Waals surface area (Å²) in [7, 11) is 0. The summed E-state index contributed by atoms with van der Waals surface area (Å²) in [5.74, 6) is 0.0927. The Kier molecular flexibility index (Phi) is 3.81. The van der Waals surface area contributed by atoms with Crippen LogP contribution >= 0.6 is 0 Å². The van der Waals surface area contributed by atoms with Crippen LogP contribution in [-0.4, -0.2) is 10.9 Å². The third-order valence-corrected chi connectivity index (χ3v) is 2.21. The van der Waals surface area contributed by atoms with Crippen molar-refractivity contribution in [2.75, 3.05) is 0 Å². The maximum atomic E-state index is 10.7. The van der Waals surface area contributed by atoms with Crippen LogP contribution in [0.15, 0.2) is 42.5 Å². The molecule has 2 nitrogen and oxygen atoms in total. The zero-order chi connectivity index (χ0) is 11.3. The second-order valence-electron chi connectivity index (χ2n) is 3.82. The fraction of sp³-hybridized carbons (Fsp3) is 0.308. The predicted octanol–water partition coefficient (Wildman–Crippen LogP) is 2.43. The largest absolute Gasteiger partial charge is 0.381 e. The van der Waals surface area contributed by atoms with Crippen LogP contribution in [0.25, 0.3) is 0 Å². The molecule has 2 heteroatoms. The summed E-state index contributed by atoms with van der Waals surface area (Å²) >= 11 is 0. The summed E-state index contributed by atoms with van der Waals surface area (Å²) < 4.78 is 0. The molecule has 1 N–H and O–H groups in total. The normalized spacial score (nSPS) is 15.1. The van der Waals surface area contributed by atoms with E-state index < -0.39 is 5.60 Å². The van der Waals surface area contributed by atoms with Gasteiger partial charge in [-0.25, -0.2) is 0 Å². The Hall–Kier alpha value is -1.41. The SMILES string of the molecule is CC(=O)C/C=C/C(C)(O)c1ccccc1. The van der Waals surface area contributed by atoms with Crippen molar-refractivity contribution >= 4 is 5.78 Å². The van der Waals surface area contributed by atoms with Gasteiger partial charge in [0.1, 0.15) is 11.4 Å². The Bertz CT molecular complexity index is 350. The summed E-state index contributed by atoms with van der Waals surface area (Å²) in [5.41, 5.74) is -0.179. The van der Waals surface area contributed by atoms with Gasteiger partial charge in [0.15, 0.2) is 0 Å². The van der Waals surface area contributed by atoms with E-state index in [1.54, 1.807) is 19.1 Å². The number of Topliss-reactive ketones (excluding diaryl/α,β-unsaturated/α-hetero) is 1. The highest BCUT2D eigenvalue weighted by atomic mass is 16.3. The predicted molar refractivity (Wildman–Crippen MR) is 60.5 cm³/mol. The quantitative estimate of drug-likeness (QED) is 0.765. The number of ketones is 1. The molecule has 1 atom stereocenters. The first-order chi connectivity index (χ1) is 7.02. The van der Waals surface area contributed by atoms with Gasteiger partial charge in [-0.1, -0.05) is 42.5 Å². The molecule has 0 heterocycles. The van der Waals surface area contributed by atoms with E-state index in [-0.39, 0.29) is 5.78 Å². The maximum absolute atomic E-state index is 10.7. The summed E-state index contributed by atoms with van der Waals surface area (Å²) in [5, 5.41) is 10.1. The monoisotopic (exact) mass is 204 g/mol. The van der Waals surface area contributed by atoms with E-state index in [1.165, 1.54) is 6.92 Å². The molecule has 1 unspecified atom stereocenters. The molecule has 0 bridgehead atoms. The molecule has 0 aliphatic rings. The number of hydrogen-bond acceptors (Lipinski definition) is 2. The standard InChI is InChI=1S/C13H16O2/c1-11(14)7-6-10-13(2,15)12-8-4-3-5-9-12/h3-6,8-10,15H,7H2,1-2H3/b10-6+. The lowest BCUT2D eigenvalue weighted by molar-refractivity contribution is -0.116. The van der Waals surface area contributed by atoms with Crippen molar-refractivity contribution in [3.05, 3.63) is 48.0 Å². The highest BCUT2D eigenvalue weighted by Crippen LogP contribution is 2.21. The van der Waals surface area contributed by atoms with Gasteiger partial charge in [-0.3, -0.25) is 4.79 Å². The highest BCUT2D eigenvalue weighted by molar-refractivity contribution is 5.77. The second-order valence-corrected chi connectivity index (χ2v) is 3.82. The Morgan fingerprint density at radius 1 is 1.40 bits per heavy atom. The molecule has 0 aliphatic heterocycles. The van der Waals surface area contributed by atoms with E-state index in [9.17, 15) is 9.90 Å². The number of carbonyl (C=O) groups is 1. The molecule has 0 saturated heterocycles. The number of aliphatic hydroxyl groups is 1. The topological polar surface area (TPSA) is 37.3 Å². The molecule has 0 spiro atoms. The van der Waals surface area contributed by atoms with Gasteiger partial charge < -0.3 is 5.11 Å². The average molecular weight is 204 g/mol. The molecule has 1 aromatic rings. The molecule has 0 amide bonds. The van der Waals surface area contributed by atoms with Gasteiger partial charge in [0, 0.05) is 6.42 Å². The van der Waals surface area contributed by atoms with Crippen LogP contribution in [0.1, 0.15) is 25.8 Å². The third kappa shape index (κ3) is 3.68. The van der Waals surface area contributed by atoms with Gasteiger partial charge in [0.25, 0.3) is 0 Å². The van der Waals surface area contributed by atoms with Crippen molar-refractivity contribution < 1.29 is 9.90 Å². The Balaban J connectivity index is 2.75. The van der Waals surface area contributed by atoms with Crippen LogP contribution in [0.2, 0.25) is 0 Å². The minimum absolute atomic E-state index is 0.0927. The number of rotatable bonds is 4. The van der Waals surface area contributed by atoms with E-state index in [1.807, 2.05) is 30.3 Å². The Morgan fingerprint density at radius 2 is 2.00 bits per heavy atom. The van der Waals surface area contributed by atoms with Crippen LogP contribution in [-0.2, 0) is 10.4 Å². The van der Waals surface area contributed by atoms with Gasteiger partial charge in [-0.05, 0) is 19.4 Å².